The van der Waals surface area contributed by atoms with Crippen molar-refractivity contribution < 1.29 is 9.59 Å². The number of carbonyl (C=O) groups is 2. The molecule has 166 valence electrons. The summed E-state index contributed by atoms with van der Waals surface area (Å²) in [5.41, 5.74) is 5.57. The van der Waals surface area contributed by atoms with E-state index in [0.717, 1.165) is 11.1 Å². The molecule has 4 heteroatoms. The van der Waals surface area contributed by atoms with Crippen molar-refractivity contribution in [2.75, 3.05) is 0 Å². The molecule has 3 rings (SSSR count). The van der Waals surface area contributed by atoms with Crippen LogP contribution >= 0.6 is 0 Å². The molecular formula is C28H32N2O2. The third kappa shape index (κ3) is 6.30. The SMILES string of the molecule is CC(C)c1ccc(CNC(=O)c2cccc(C(=O)NCc3ccc(C(C)C)cc3)c2)cc1. The lowest BCUT2D eigenvalue weighted by atomic mass is 10.0. The van der Waals surface area contributed by atoms with Crippen LogP contribution in [-0.4, -0.2) is 11.8 Å². The molecule has 3 aromatic carbocycles. The molecule has 0 spiro atoms. The minimum Gasteiger partial charge on any atom is -0.348 e. The van der Waals surface area contributed by atoms with E-state index in [4.69, 9.17) is 0 Å². The lowest BCUT2D eigenvalue weighted by Gasteiger charge is -2.10. The second-order valence-electron chi connectivity index (χ2n) is 8.74. The van der Waals surface area contributed by atoms with E-state index in [0.29, 0.717) is 36.1 Å². The maximum atomic E-state index is 12.6. The van der Waals surface area contributed by atoms with E-state index in [-0.39, 0.29) is 11.8 Å². The third-order valence-corrected chi connectivity index (χ3v) is 5.59. The Morgan fingerprint density at radius 3 is 1.34 bits per heavy atom. The van der Waals surface area contributed by atoms with Crippen LogP contribution in [0.5, 0.6) is 0 Å². The van der Waals surface area contributed by atoms with Gasteiger partial charge in [0.1, 0.15) is 0 Å². The zero-order chi connectivity index (χ0) is 23.1. The summed E-state index contributed by atoms with van der Waals surface area (Å²) in [5.74, 6) is 0.563. The Balaban J connectivity index is 1.56. The van der Waals surface area contributed by atoms with Crippen molar-refractivity contribution in [3.63, 3.8) is 0 Å². The van der Waals surface area contributed by atoms with Crippen molar-refractivity contribution in [1.29, 1.82) is 0 Å². The molecule has 0 radical (unpaired) electrons. The van der Waals surface area contributed by atoms with Crippen LogP contribution in [0.1, 0.15) is 82.5 Å². The van der Waals surface area contributed by atoms with Gasteiger partial charge in [0.2, 0.25) is 0 Å². The number of benzene rings is 3. The van der Waals surface area contributed by atoms with E-state index >= 15 is 0 Å². The highest BCUT2D eigenvalue weighted by atomic mass is 16.2. The van der Waals surface area contributed by atoms with Gasteiger partial charge >= 0.3 is 0 Å². The van der Waals surface area contributed by atoms with Crippen molar-refractivity contribution in [2.24, 2.45) is 0 Å². The van der Waals surface area contributed by atoms with Crippen LogP contribution in [0.25, 0.3) is 0 Å². The van der Waals surface area contributed by atoms with E-state index < -0.39 is 0 Å². The summed E-state index contributed by atoms with van der Waals surface area (Å²) in [7, 11) is 0. The first-order chi connectivity index (χ1) is 15.3. The minimum atomic E-state index is -0.197. The van der Waals surface area contributed by atoms with Crippen molar-refractivity contribution in [3.8, 4) is 0 Å². The standard InChI is InChI=1S/C28H32N2O2/c1-19(2)23-12-8-21(9-13-23)17-29-27(31)25-6-5-7-26(16-25)28(32)30-18-22-10-14-24(15-11-22)20(3)4/h5-16,19-20H,17-18H2,1-4H3,(H,29,31)(H,30,32). The van der Waals surface area contributed by atoms with E-state index in [1.165, 1.54) is 11.1 Å². The molecule has 0 aliphatic carbocycles. The Morgan fingerprint density at radius 2 is 1.00 bits per heavy atom. The number of nitrogens with one attached hydrogen (secondary N) is 2. The molecule has 0 fully saturated rings. The molecule has 0 saturated carbocycles. The number of amides is 2. The van der Waals surface area contributed by atoms with Gasteiger partial charge in [0.25, 0.3) is 11.8 Å². The van der Waals surface area contributed by atoms with Gasteiger partial charge in [0.05, 0.1) is 0 Å². The number of rotatable bonds is 8. The van der Waals surface area contributed by atoms with Gasteiger partial charge in [0, 0.05) is 24.2 Å². The van der Waals surface area contributed by atoms with Crippen LogP contribution in [0.3, 0.4) is 0 Å². The Kier molecular flexibility index (Phi) is 7.82. The average Bonchev–Trinajstić information content (AvgIpc) is 2.81. The Hall–Kier alpha value is -3.40. The molecule has 0 aliphatic heterocycles. The molecule has 3 aromatic rings. The summed E-state index contributed by atoms with van der Waals surface area (Å²) < 4.78 is 0. The maximum Gasteiger partial charge on any atom is 0.251 e. The van der Waals surface area contributed by atoms with E-state index in [2.05, 4.69) is 62.6 Å². The Morgan fingerprint density at radius 1 is 0.625 bits per heavy atom. The van der Waals surface area contributed by atoms with E-state index in [9.17, 15) is 9.59 Å². The Bertz CT molecular complexity index is 969. The van der Waals surface area contributed by atoms with Crippen LogP contribution in [0.2, 0.25) is 0 Å². The molecule has 0 heterocycles. The van der Waals surface area contributed by atoms with Crippen LogP contribution in [0.4, 0.5) is 0 Å². The first kappa shape index (κ1) is 23.3. The normalized spacial score (nSPS) is 10.9. The van der Waals surface area contributed by atoms with Gasteiger partial charge in [-0.05, 0) is 52.3 Å². The van der Waals surface area contributed by atoms with Crippen LogP contribution in [0, 0.1) is 0 Å². The minimum absolute atomic E-state index is 0.197. The molecule has 0 aliphatic rings. The summed E-state index contributed by atoms with van der Waals surface area (Å²) in [6.07, 6.45) is 0. The summed E-state index contributed by atoms with van der Waals surface area (Å²) in [6.45, 7) is 9.51. The second-order valence-corrected chi connectivity index (χ2v) is 8.74. The van der Waals surface area contributed by atoms with E-state index in [1.807, 2.05) is 24.3 Å². The molecule has 0 unspecified atom stereocenters. The molecule has 32 heavy (non-hydrogen) atoms. The maximum absolute atomic E-state index is 12.6. The van der Waals surface area contributed by atoms with Gasteiger partial charge in [0.15, 0.2) is 0 Å². The van der Waals surface area contributed by atoms with Gasteiger partial charge in [-0.3, -0.25) is 9.59 Å². The third-order valence-electron chi connectivity index (χ3n) is 5.59. The average molecular weight is 429 g/mol. The summed E-state index contributed by atoms with van der Waals surface area (Å²) in [6, 6.07) is 23.3. The highest BCUT2D eigenvalue weighted by molar-refractivity contribution is 5.99. The predicted octanol–water partition coefficient (Wildman–Crippen LogP) is 5.79. The fraction of sp³-hybridized carbons (Fsp3) is 0.286. The van der Waals surface area contributed by atoms with Gasteiger partial charge in [-0.25, -0.2) is 0 Å². The number of carbonyl (C=O) groups excluding carboxylic acids is 2. The lowest BCUT2D eigenvalue weighted by Crippen LogP contribution is -2.25. The van der Waals surface area contributed by atoms with Gasteiger partial charge in [-0.2, -0.15) is 0 Å². The first-order valence-electron chi connectivity index (χ1n) is 11.2. The van der Waals surface area contributed by atoms with Gasteiger partial charge < -0.3 is 10.6 Å². The number of hydrogen-bond donors (Lipinski definition) is 2. The highest BCUT2D eigenvalue weighted by Gasteiger charge is 2.11. The molecule has 0 saturated heterocycles. The zero-order valence-corrected chi connectivity index (χ0v) is 19.3. The monoisotopic (exact) mass is 428 g/mol. The fourth-order valence-corrected chi connectivity index (χ4v) is 3.41. The highest BCUT2D eigenvalue weighted by Crippen LogP contribution is 2.16. The zero-order valence-electron chi connectivity index (χ0n) is 19.3. The van der Waals surface area contributed by atoms with Crippen LogP contribution in [0.15, 0.2) is 72.8 Å². The largest absolute Gasteiger partial charge is 0.348 e. The first-order valence-corrected chi connectivity index (χ1v) is 11.2. The molecule has 0 aromatic heterocycles. The molecule has 0 bridgehead atoms. The Labute approximate surface area is 191 Å². The van der Waals surface area contributed by atoms with Crippen molar-refractivity contribution in [1.82, 2.24) is 10.6 Å². The van der Waals surface area contributed by atoms with Gasteiger partial charge in [-0.15, -0.1) is 0 Å². The van der Waals surface area contributed by atoms with Crippen molar-refractivity contribution in [2.45, 2.75) is 52.6 Å². The molecule has 2 N–H and O–H groups in total. The smallest absolute Gasteiger partial charge is 0.251 e. The van der Waals surface area contributed by atoms with Crippen LogP contribution < -0.4 is 10.6 Å². The van der Waals surface area contributed by atoms with Crippen molar-refractivity contribution in [3.05, 3.63) is 106 Å². The molecule has 4 nitrogen and oxygen atoms in total. The summed E-state index contributed by atoms with van der Waals surface area (Å²) >= 11 is 0. The topological polar surface area (TPSA) is 58.2 Å². The van der Waals surface area contributed by atoms with Crippen molar-refractivity contribution >= 4 is 11.8 Å². The van der Waals surface area contributed by atoms with E-state index in [1.54, 1.807) is 24.3 Å². The lowest BCUT2D eigenvalue weighted by molar-refractivity contribution is 0.0950. The predicted molar refractivity (Wildman–Crippen MR) is 130 cm³/mol. The van der Waals surface area contributed by atoms with Gasteiger partial charge in [-0.1, -0.05) is 82.3 Å². The summed E-state index contributed by atoms with van der Waals surface area (Å²) in [4.78, 5) is 25.2. The van der Waals surface area contributed by atoms with Crippen LogP contribution in [-0.2, 0) is 13.1 Å². The molecule has 0 atom stereocenters. The number of hydrogen-bond acceptors (Lipinski definition) is 2. The fourth-order valence-electron chi connectivity index (χ4n) is 3.41. The second kappa shape index (κ2) is 10.8. The quantitative estimate of drug-likeness (QED) is 0.477. The molecular weight excluding hydrogens is 396 g/mol. The molecule has 2 amide bonds. The summed E-state index contributed by atoms with van der Waals surface area (Å²) in [5, 5.41) is 5.86.